The molecule has 0 bridgehead atoms. The number of aromatic nitrogens is 4. The third-order valence-electron chi connectivity index (χ3n) is 5.90. The molecule has 1 fully saturated rings. The van der Waals surface area contributed by atoms with E-state index in [-0.39, 0.29) is 23.4 Å². The monoisotopic (exact) mass is 534 g/mol. The Bertz CT molecular complexity index is 1540. The average Bonchev–Trinajstić information content (AvgIpc) is 3.25. The first-order chi connectivity index (χ1) is 17.2. The first-order valence-electron chi connectivity index (χ1n) is 11.0. The number of benzene rings is 2. The molecule has 0 unspecified atom stereocenters. The molecule has 2 N–H and O–H groups in total. The van der Waals surface area contributed by atoms with Gasteiger partial charge in [0, 0.05) is 35.8 Å². The number of rotatable bonds is 6. The van der Waals surface area contributed by atoms with Crippen LogP contribution in [0, 0.1) is 11.6 Å². The van der Waals surface area contributed by atoms with E-state index < -0.39 is 21.7 Å². The van der Waals surface area contributed by atoms with Gasteiger partial charge in [-0.05, 0) is 31.0 Å². The summed E-state index contributed by atoms with van der Waals surface area (Å²) in [6.07, 6.45) is 2.27. The number of ether oxygens (including phenoxy) is 1. The topological polar surface area (TPSA) is 113 Å². The fraction of sp³-hybridized carbons (Fsp3) is 0.261. The number of halogens is 3. The number of fused-ring (bicyclic) bond motifs is 1. The van der Waals surface area contributed by atoms with E-state index in [1.54, 1.807) is 12.1 Å². The zero-order valence-corrected chi connectivity index (χ0v) is 20.6. The molecule has 1 aliphatic heterocycles. The summed E-state index contributed by atoms with van der Waals surface area (Å²) in [6.45, 7) is 0.718. The molecule has 3 heterocycles. The number of hydrogen-bond acceptors (Lipinski definition) is 7. The van der Waals surface area contributed by atoms with Crippen molar-refractivity contribution in [3.8, 4) is 23.0 Å². The lowest BCUT2D eigenvalue weighted by atomic mass is 10.1. The lowest BCUT2D eigenvalue weighted by molar-refractivity contribution is 0.331. The van der Waals surface area contributed by atoms with Crippen LogP contribution in [0.15, 0.2) is 42.5 Å². The van der Waals surface area contributed by atoms with Crippen molar-refractivity contribution in [1.29, 1.82) is 0 Å². The highest BCUT2D eigenvalue weighted by Gasteiger charge is 2.27. The Kier molecular flexibility index (Phi) is 6.49. The molecule has 36 heavy (non-hydrogen) atoms. The molecule has 0 radical (unpaired) electrons. The fourth-order valence-electron chi connectivity index (χ4n) is 4.10. The summed E-state index contributed by atoms with van der Waals surface area (Å²) in [5.41, 5.74) is 1.50. The first-order valence-corrected chi connectivity index (χ1v) is 13.3. The highest BCUT2D eigenvalue weighted by Crippen LogP contribution is 2.36. The minimum atomic E-state index is -3.28. The molecule has 0 saturated carbocycles. The van der Waals surface area contributed by atoms with Crippen LogP contribution < -0.4 is 10.1 Å². The lowest BCUT2D eigenvalue weighted by Gasteiger charge is -2.31. The summed E-state index contributed by atoms with van der Waals surface area (Å²) in [5, 5.41) is 11.6. The van der Waals surface area contributed by atoms with Gasteiger partial charge < -0.3 is 10.1 Å². The van der Waals surface area contributed by atoms with Gasteiger partial charge in [-0.15, -0.1) is 0 Å². The van der Waals surface area contributed by atoms with Crippen molar-refractivity contribution in [3.63, 3.8) is 0 Å². The standard InChI is InChI=1S/C23H21ClF2N6O3S/c1-36(33,34)32-10-8-14(9-11-32)27-21-19-20(15-4-2-3-5-16(15)24)30-31-22(19)29-23(28-21)35-18-7-6-13(25)12-17(18)26/h2-7,12,14H,8-11H2,1H3,(H2,27,28,29,30,31). The van der Waals surface area contributed by atoms with Gasteiger partial charge in [0.05, 0.1) is 17.3 Å². The second kappa shape index (κ2) is 9.60. The Balaban J connectivity index is 1.54. The van der Waals surface area contributed by atoms with Gasteiger partial charge in [0.15, 0.2) is 17.2 Å². The number of anilines is 1. The van der Waals surface area contributed by atoms with E-state index in [4.69, 9.17) is 16.3 Å². The second-order valence-electron chi connectivity index (χ2n) is 8.39. The quantitative estimate of drug-likeness (QED) is 0.372. The number of aromatic amines is 1. The summed E-state index contributed by atoms with van der Waals surface area (Å²) < 4.78 is 58.2. The summed E-state index contributed by atoms with van der Waals surface area (Å²) in [7, 11) is -3.28. The SMILES string of the molecule is CS(=O)(=O)N1CCC(Nc2nc(Oc3ccc(F)cc3F)nc3n[nH]c(-c4ccccc4Cl)c23)CC1. The molecule has 2 aromatic carbocycles. The normalized spacial score (nSPS) is 15.3. The van der Waals surface area contributed by atoms with Gasteiger partial charge in [-0.25, -0.2) is 21.5 Å². The van der Waals surface area contributed by atoms with E-state index in [0.29, 0.717) is 59.5 Å². The van der Waals surface area contributed by atoms with Crippen molar-refractivity contribution < 1.29 is 21.9 Å². The third-order valence-corrected chi connectivity index (χ3v) is 7.53. The number of nitrogens with zero attached hydrogens (tertiary/aromatic N) is 4. The summed E-state index contributed by atoms with van der Waals surface area (Å²) >= 11 is 6.42. The van der Waals surface area contributed by atoms with Gasteiger partial charge in [-0.2, -0.15) is 15.1 Å². The number of sulfonamides is 1. The highest BCUT2D eigenvalue weighted by molar-refractivity contribution is 7.88. The predicted octanol–water partition coefficient (Wildman–Crippen LogP) is 4.58. The molecule has 188 valence electrons. The molecule has 0 aliphatic carbocycles. The van der Waals surface area contributed by atoms with E-state index >= 15 is 0 Å². The number of hydrogen-bond donors (Lipinski definition) is 2. The van der Waals surface area contributed by atoms with Crippen LogP contribution in [0.2, 0.25) is 5.02 Å². The van der Waals surface area contributed by atoms with Crippen molar-refractivity contribution in [1.82, 2.24) is 24.5 Å². The van der Waals surface area contributed by atoms with Crippen LogP contribution >= 0.6 is 11.6 Å². The summed E-state index contributed by atoms with van der Waals surface area (Å²) in [4.78, 5) is 8.77. The molecule has 0 amide bonds. The molecule has 2 aromatic heterocycles. The molecule has 0 atom stereocenters. The van der Waals surface area contributed by atoms with E-state index in [1.165, 1.54) is 10.6 Å². The molecule has 1 aliphatic rings. The molecular weight excluding hydrogens is 514 g/mol. The highest BCUT2D eigenvalue weighted by atomic mass is 35.5. The minimum absolute atomic E-state index is 0.106. The van der Waals surface area contributed by atoms with Gasteiger partial charge >= 0.3 is 6.01 Å². The Labute approximate surface area is 210 Å². The van der Waals surface area contributed by atoms with Gasteiger partial charge in [0.25, 0.3) is 0 Å². The van der Waals surface area contributed by atoms with Crippen LogP contribution in [0.1, 0.15) is 12.8 Å². The van der Waals surface area contributed by atoms with Crippen LogP contribution in [0.4, 0.5) is 14.6 Å². The molecular formula is C23H21ClF2N6O3S. The number of piperidine rings is 1. The van der Waals surface area contributed by atoms with Gasteiger partial charge in [0.2, 0.25) is 10.0 Å². The number of nitrogens with one attached hydrogen (secondary N) is 2. The Hall–Kier alpha value is -3.35. The van der Waals surface area contributed by atoms with Gasteiger partial charge in [-0.3, -0.25) is 5.10 Å². The van der Waals surface area contributed by atoms with E-state index in [0.717, 1.165) is 12.1 Å². The van der Waals surface area contributed by atoms with Crippen molar-refractivity contribution in [2.75, 3.05) is 24.7 Å². The molecule has 5 rings (SSSR count). The van der Waals surface area contributed by atoms with Crippen LogP contribution in [0.5, 0.6) is 11.8 Å². The van der Waals surface area contributed by atoms with Gasteiger partial charge in [-0.1, -0.05) is 29.8 Å². The Morgan fingerprint density at radius 1 is 1.14 bits per heavy atom. The van der Waals surface area contributed by atoms with Crippen molar-refractivity contribution in [3.05, 3.63) is 59.1 Å². The molecule has 9 nitrogen and oxygen atoms in total. The van der Waals surface area contributed by atoms with Crippen molar-refractivity contribution in [2.24, 2.45) is 0 Å². The molecule has 4 aromatic rings. The minimum Gasteiger partial charge on any atom is -0.421 e. The summed E-state index contributed by atoms with van der Waals surface area (Å²) in [6, 6.07) is 9.81. The average molecular weight is 535 g/mol. The fourth-order valence-corrected chi connectivity index (χ4v) is 5.20. The molecule has 1 saturated heterocycles. The summed E-state index contributed by atoms with van der Waals surface area (Å²) in [5.74, 6) is -1.53. The zero-order chi connectivity index (χ0) is 25.4. The van der Waals surface area contributed by atoms with Crippen molar-refractivity contribution in [2.45, 2.75) is 18.9 Å². The van der Waals surface area contributed by atoms with E-state index in [2.05, 4.69) is 25.5 Å². The molecule has 0 spiro atoms. The Morgan fingerprint density at radius 2 is 1.89 bits per heavy atom. The largest absolute Gasteiger partial charge is 0.421 e. The molecule has 13 heteroatoms. The maximum atomic E-state index is 14.2. The van der Waals surface area contributed by atoms with E-state index in [9.17, 15) is 17.2 Å². The van der Waals surface area contributed by atoms with Crippen LogP contribution in [-0.4, -0.2) is 58.3 Å². The maximum absolute atomic E-state index is 14.2. The second-order valence-corrected chi connectivity index (χ2v) is 10.8. The van der Waals surface area contributed by atoms with Crippen LogP contribution in [0.3, 0.4) is 0 Å². The smallest absolute Gasteiger partial charge is 0.326 e. The zero-order valence-electron chi connectivity index (χ0n) is 19.0. The van der Waals surface area contributed by atoms with Crippen LogP contribution in [-0.2, 0) is 10.0 Å². The Morgan fingerprint density at radius 3 is 2.58 bits per heavy atom. The maximum Gasteiger partial charge on any atom is 0.326 e. The third kappa shape index (κ3) is 4.97. The van der Waals surface area contributed by atoms with Crippen molar-refractivity contribution >= 4 is 38.5 Å². The predicted molar refractivity (Wildman–Crippen MR) is 132 cm³/mol. The van der Waals surface area contributed by atoms with E-state index in [1.807, 2.05) is 12.1 Å². The lowest BCUT2D eigenvalue weighted by Crippen LogP contribution is -2.41. The van der Waals surface area contributed by atoms with Crippen LogP contribution in [0.25, 0.3) is 22.3 Å². The van der Waals surface area contributed by atoms with Gasteiger partial charge in [0.1, 0.15) is 11.6 Å². The number of H-pyrrole nitrogens is 1. The first kappa shape index (κ1) is 24.3.